The average molecular weight is 835 g/mol. The minimum Gasteiger partial charge on any atom is -0.467 e. The van der Waals surface area contributed by atoms with E-state index in [2.05, 4.69) is 29.7 Å². The highest BCUT2D eigenvalue weighted by Crippen LogP contribution is 2.37. The van der Waals surface area contributed by atoms with Crippen LogP contribution in [0.15, 0.2) is 52.7 Å². The maximum Gasteiger partial charge on any atom is 0.416 e. The molecule has 0 fully saturated rings. The first-order valence-corrected chi connectivity index (χ1v) is 17.5. The van der Waals surface area contributed by atoms with Crippen molar-refractivity contribution in [2.75, 3.05) is 32.8 Å². The lowest BCUT2D eigenvalue weighted by atomic mass is 10.1. The molecule has 0 unspecified atom stereocenters. The molecule has 0 atom stereocenters. The zero-order chi connectivity index (χ0) is 41.1. The third-order valence-electron chi connectivity index (χ3n) is 6.15. The van der Waals surface area contributed by atoms with Crippen LogP contribution in [0, 0.1) is 17.0 Å². The summed E-state index contributed by atoms with van der Waals surface area (Å²) in [6.45, 7) is 2.36. The van der Waals surface area contributed by atoms with Gasteiger partial charge in [-0.15, -0.1) is 11.3 Å². The number of methoxy groups -OCH3 is 2. The number of sulfonamides is 1. The Labute approximate surface area is 316 Å². The van der Waals surface area contributed by atoms with Gasteiger partial charge in [-0.2, -0.15) is 28.1 Å². The van der Waals surface area contributed by atoms with Crippen molar-refractivity contribution in [1.29, 1.82) is 0 Å². The molecule has 0 bridgehead atoms. The fourth-order valence-corrected chi connectivity index (χ4v) is 6.31. The SMILES string of the molecule is CCOC(=O)COC(=O)c1cc(Oc2ccc(C(F)(F)F)cc2Cl)ccc1[N+](=O)[O-].COC(=O)c1sccc1S(=O)(=O)NC(=O)Nc1nc(C)nc(OC)n1. The predicted octanol–water partition coefficient (Wildman–Crippen LogP) is 5.33. The standard InChI is InChI=1S/C18H13ClF3NO7.C12H13N5O6S2/c1-2-28-16(24)9-29-17(25)12-8-11(4-5-14(12)23(26)27)30-15-6-3-10(7-13(15)19)18(20,21)22;1-6-13-10(16-12(14-6)23-3)15-11(19)17-25(20,21)7-4-5-24-8(7)9(18)22-2/h3-8H,2,9H2,1H3;4-5H,1-3H3,(H2,13,14,15,16,17,19). The van der Waals surface area contributed by atoms with Crippen LogP contribution in [0.1, 0.15) is 38.3 Å². The maximum atomic E-state index is 12.7. The van der Waals surface area contributed by atoms with E-state index in [1.165, 1.54) is 32.4 Å². The number of alkyl halides is 3. The smallest absolute Gasteiger partial charge is 0.416 e. The summed E-state index contributed by atoms with van der Waals surface area (Å²) in [6, 6.07) is 5.37. The zero-order valence-electron chi connectivity index (χ0n) is 28.5. The van der Waals surface area contributed by atoms with Gasteiger partial charge in [0, 0.05) is 12.1 Å². The van der Waals surface area contributed by atoms with E-state index < -0.39 is 68.5 Å². The lowest BCUT2D eigenvalue weighted by molar-refractivity contribution is -0.385. The number of carbonyl (C=O) groups excluding carboxylic acids is 4. The van der Waals surface area contributed by atoms with Gasteiger partial charge in [0.25, 0.3) is 15.7 Å². The Kier molecular flexibility index (Phi) is 14.8. The highest BCUT2D eigenvalue weighted by atomic mass is 35.5. The quantitative estimate of drug-likeness (QED) is 0.0792. The molecule has 2 aromatic carbocycles. The summed E-state index contributed by atoms with van der Waals surface area (Å²) >= 11 is 6.68. The molecule has 2 amide bonds. The Bertz CT molecular complexity index is 2200. The summed E-state index contributed by atoms with van der Waals surface area (Å²) in [5.41, 5.74) is -2.16. The van der Waals surface area contributed by atoms with Crippen molar-refractivity contribution in [3.05, 3.63) is 84.8 Å². The molecule has 0 radical (unpaired) electrons. The number of urea groups is 1. The Morgan fingerprint density at radius 2 is 1.71 bits per heavy atom. The Morgan fingerprint density at radius 3 is 2.31 bits per heavy atom. The first-order valence-electron chi connectivity index (χ1n) is 14.7. The van der Waals surface area contributed by atoms with E-state index in [1.807, 2.05) is 0 Å². The molecular formula is C30H26ClF3N6O13S2. The van der Waals surface area contributed by atoms with Crippen molar-refractivity contribution in [1.82, 2.24) is 19.7 Å². The van der Waals surface area contributed by atoms with Crippen LogP contribution in [-0.2, 0) is 35.2 Å². The molecule has 0 aliphatic heterocycles. The number of aryl methyl sites for hydroxylation is 1. The number of benzene rings is 2. The van der Waals surface area contributed by atoms with Crippen molar-refractivity contribution < 1.29 is 69.4 Å². The normalized spacial score (nSPS) is 10.9. The number of nitrogens with one attached hydrogen (secondary N) is 2. The van der Waals surface area contributed by atoms with E-state index >= 15 is 0 Å². The third kappa shape index (κ3) is 12.2. The number of carbonyl (C=O) groups is 4. The number of nitro benzene ring substituents is 1. The summed E-state index contributed by atoms with van der Waals surface area (Å²) in [5, 5.41) is 14.3. The monoisotopic (exact) mass is 834 g/mol. The maximum absolute atomic E-state index is 12.7. The second-order valence-corrected chi connectivity index (χ2v) is 12.9. The largest absolute Gasteiger partial charge is 0.467 e. The van der Waals surface area contributed by atoms with Gasteiger partial charge in [-0.05, 0) is 49.6 Å². The highest BCUT2D eigenvalue weighted by molar-refractivity contribution is 7.90. The summed E-state index contributed by atoms with van der Waals surface area (Å²) < 4.78 is 88.4. The number of rotatable bonds is 12. The number of anilines is 1. The first-order chi connectivity index (χ1) is 25.8. The molecule has 4 rings (SSSR count). The minimum atomic E-state index is -4.61. The number of halogens is 4. The van der Waals surface area contributed by atoms with Gasteiger partial charge in [-0.25, -0.2) is 32.3 Å². The van der Waals surface area contributed by atoms with Crippen molar-refractivity contribution >= 4 is 68.5 Å². The number of ether oxygens (including phenoxy) is 5. The number of thiophene rings is 1. The topological polar surface area (TPSA) is 254 Å². The number of aromatic nitrogens is 3. The van der Waals surface area contributed by atoms with Gasteiger partial charge in [0.1, 0.15) is 32.7 Å². The van der Waals surface area contributed by atoms with Gasteiger partial charge in [0.2, 0.25) is 5.95 Å². The van der Waals surface area contributed by atoms with Crippen LogP contribution in [0.4, 0.5) is 29.6 Å². The van der Waals surface area contributed by atoms with Crippen LogP contribution in [0.5, 0.6) is 17.5 Å². The van der Waals surface area contributed by atoms with E-state index in [4.69, 9.17) is 25.8 Å². The van der Waals surface area contributed by atoms with E-state index in [9.17, 15) is 50.9 Å². The summed E-state index contributed by atoms with van der Waals surface area (Å²) in [7, 11) is -1.86. The molecule has 294 valence electrons. The highest BCUT2D eigenvalue weighted by Gasteiger charge is 2.31. The van der Waals surface area contributed by atoms with E-state index in [1.54, 1.807) is 4.72 Å². The fourth-order valence-electron chi connectivity index (χ4n) is 3.85. The Hall–Kier alpha value is -6.14. The van der Waals surface area contributed by atoms with Crippen molar-refractivity contribution in [3.8, 4) is 17.5 Å². The molecule has 19 nitrogen and oxygen atoms in total. The zero-order valence-corrected chi connectivity index (χ0v) is 30.8. The molecule has 0 saturated heterocycles. The van der Waals surface area contributed by atoms with Gasteiger partial charge in [-0.3, -0.25) is 15.4 Å². The molecule has 0 saturated carbocycles. The Morgan fingerprint density at radius 1 is 1.00 bits per heavy atom. The minimum absolute atomic E-state index is 0.0449. The number of hydrogen-bond acceptors (Lipinski definition) is 17. The second-order valence-electron chi connectivity index (χ2n) is 9.92. The summed E-state index contributed by atoms with van der Waals surface area (Å²) in [4.78, 5) is 68.2. The number of hydrogen-bond donors (Lipinski definition) is 2. The molecule has 0 aliphatic rings. The number of nitro groups is 1. The average Bonchev–Trinajstić information content (AvgIpc) is 3.62. The first kappa shape index (κ1) is 43.3. The number of esters is 3. The molecule has 55 heavy (non-hydrogen) atoms. The lowest BCUT2D eigenvalue weighted by Crippen LogP contribution is -2.35. The van der Waals surface area contributed by atoms with Gasteiger partial charge in [0.05, 0.1) is 36.3 Å². The van der Waals surface area contributed by atoms with Crippen molar-refractivity contribution in [2.45, 2.75) is 24.9 Å². The van der Waals surface area contributed by atoms with Gasteiger partial charge in [-0.1, -0.05) is 11.6 Å². The lowest BCUT2D eigenvalue weighted by Gasteiger charge is -2.12. The Balaban J connectivity index is 0.000000300. The van der Waals surface area contributed by atoms with Gasteiger partial charge < -0.3 is 23.7 Å². The predicted molar refractivity (Wildman–Crippen MR) is 183 cm³/mol. The third-order valence-corrected chi connectivity index (χ3v) is 8.84. The van der Waals surface area contributed by atoms with Crippen LogP contribution in [-0.4, -0.2) is 79.7 Å². The molecule has 2 heterocycles. The van der Waals surface area contributed by atoms with Gasteiger partial charge >= 0.3 is 36.1 Å². The number of amides is 2. The number of nitrogens with zero attached hydrogens (tertiary/aromatic N) is 4. The van der Waals surface area contributed by atoms with Crippen LogP contribution >= 0.6 is 22.9 Å². The molecule has 2 N–H and O–H groups in total. The van der Waals surface area contributed by atoms with Crippen molar-refractivity contribution in [3.63, 3.8) is 0 Å². The van der Waals surface area contributed by atoms with E-state index in [0.717, 1.165) is 48.8 Å². The fraction of sp³-hybridized carbons (Fsp3) is 0.233. The molecule has 0 aliphatic carbocycles. The van der Waals surface area contributed by atoms with Crippen molar-refractivity contribution in [2.24, 2.45) is 0 Å². The summed E-state index contributed by atoms with van der Waals surface area (Å²) in [5.74, 6) is -3.12. The van der Waals surface area contributed by atoms with Crippen LogP contribution in [0.3, 0.4) is 0 Å². The second kappa shape index (κ2) is 18.8. The van der Waals surface area contributed by atoms with Crippen LogP contribution in [0.25, 0.3) is 0 Å². The molecule has 2 aromatic heterocycles. The van der Waals surface area contributed by atoms with E-state index in [0.29, 0.717) is 6.07 Å². The molecule has 25 heteroatoms. The molecule has 0 spiro atoms. The molecular weight excluding hydrogens is 809 g/mol. The van der Waals surface area contributed by atoms with Crippen LogP contribution < -0.4 is 19.5 Å². The van der Waals surface area contributed by atoms with Gasteiger partial charge in [0.15, 0.2) is 6.61 Å². The summed E-state index contributed by atoms with van der Waals surface area (Å²) in [6.07, 6.45) is -4.61. The molecule has 4 aromatic rings. The van der Waals surface area contributed by atoms with Crippen LogP contribution in [0.2, 0.25) is 5.02 Å². The van der Waals surface area contributed by atoms with E-state index in [-0.39, 0.29) is 50.7 Å².